The lowest BCUT2D eigenvalue weighted by Crippen LogP contribution is -2.50. The molecular weight excluding hydrogens is 420 g/mol. The van der Waals surface area contributed by atoms with Crippen LogP contribution in [0, 0.1) is 11.8 Å². The van der Waals surface area contributed by atoms with Gasteiger partial charge in [-0.05, 0) is 49.9 Å². The van der Waals surface area contributed by atoms with E-state index in [2.05, 4.69) is 27.0 Å². The van der Waals surface area contributed by atoms with Gasteiger partial charge in [0.05, 0.1) is 30.4 Å². The van der Waals surface area contributed by atoms with Crippen molar-refractivity contribution < 1.29 is 19.4 Å². The van der Waals surface area contributed by atoms with Crippen LogP contribution in [0.15, 0.2) is 36.5 Å². The maximum absolute atomic E-state index is 13.2. The fourth-order valence-electron chi connectivity index (χ4n) is 4.84. The van der Waals surface area contributed by atoms with E-state index >= 15 is 0 Å². The Balaban J connectivity index is 1.47. The highest BCUT2D eigenvalue weighted by Crippen LogP contribution is 2.38. The van der Waals surface area contributed by atoms with Gasteiger partial charge < -0.3 is 25.8 Å². The van der Waals surface area contributed by atoms with Crippen molar-refractivity contribution in [3.63, 3.8) is 0 Å². The second kappa shape index (κ2) is 9.92. The zero-order chi connectivity index (χ0) is 23.4. The molecule has 1 aromatic carbocycles. The molecule has 2 saturated heterocycles. The Kier molecular flexibility index (Phi) is 6.80. The molecule has 0 radical (unpaired) electrons. The molecule has 0 unspecified atom stereocenters. The minimum absolute atomic E-state index is 0.0366. The monoisotopic (exact) mass is 448 g/mol. The zero-order valence-corrected chi connectivity index (χ0v) is 18.6. The number of fused-ring (bicyclic) bond motifs is 2. The van der Waals surface area contributed by atoms with Crippen LogP contribution >= 0.6 is 0 Å². The normalized spacial score (nSPS) is 21.2. The van der Waals surface area contributed by atoms with Crippen LogP contribution in [0.4, 0.5) is 5.82 Å². The summed E-state index contributed by atoms with van der Waals surface area (Å²) in [6.07, 6.45) is 5.55. The summed E-state index contributed by atoms with van der Waals surface area (Å²) < 4.78 is 5.40. The Bertz CT molecular complexity index is 1080. The largest absolute Gasteiger partial charge is 0.495 e. The Morgan fingerprint density at radius 3 is 2.61 bits per heavy atom. The third-order valence-corrected chi connectivity index (χ3v) is 6.31. The van der Waals surface area contributed by atoms with E-state index < -0.39 is 5.91 Å². The van der Waals surface area contributed by atoms with Crippen molar-refractivity contribution >= 4 is 17.6 Å². The van der Waals surface area contributed by atoms with E-state index in [1.165, 1.54) is 6.20 Å². The first kappa shape index (κ1) is 22.6. The SMILES string of the molecule is COc1cccc(C(=O)N[C@H]2C[C@H]3CC[C@@H](C2)N3c2ccc(C(N)=O)cn2)c1C#CCCO. The number of benzene rings is 1. The lowest BCUT2D eigenvalue weighted by molar-refractivity contribution is 0.0925. The number of ether oxygens (including phenoxy) is 1. The number of carbonyl (C=O) groups excluding carboxylic acids is 2. The predicted molar refractivity (Wildman–Crippen MR) is 124 cm³/mol. The summed E-state index contributed by atoms with van der Waals surface area (Å²) >= 11 is 0. The molecule has 33 heavy (non-hydrogen) atoms. The summed E-state index contributed by atoms with van der Waals surface area (Å²) in [5.41, 5.74) is 6.72. The van der Waals surface area contributed by atoms with Crippen molar-refractivity contribution in [2.45, 2.75) is 50.2 Å². The molecule has 2 aliphatic heterocycles. The van der Waals surface area contributed by atoms with Crippen molar-refractivity contribution in [3.05, 3.63) is 53.2 Å². The van der Waals surface area contributed by atoms with Crippen molar-refractivity contribution in [1.82, 2.24) is 10.3 Å². The Hall–Kier alpha value is -3.57. The molecular formula is C25H28N4O4. The first-order chi connectivity index (χ1) is 16.0. The van der Waals surface area contributed by atoms with Crippen LogP contribution in [0.2, 0.25) is 0 Å². The first-order valence-electron chi connectivity index (χ1n) is 11.1. The molecule has 2 amide bonds. The molecule has 3 atom stereocenters. The molecule has 3 heterocycles. The molecule has 0 spiro atoms. The number of hydrogen-bond acceptors (Lipinski definition) is 6. The maximum Gasteiger partial charge on any atom is 0.252 e. The smallest absolute Gasteiger partial charge is 0.252 e. The minimum Gasteiger partial charge on any atom is -0.495 e. The van der Waals surface area contributed by atoms with E-state index in [0.717, 1.165) is 31.5 Å². The Morgan fingerprint density at radius 1 is 1.24 bits per heavy atom. The summed E-state index contributed by atoms with van der Waals surface area (Å²) in [6, 6.07) is 9.44. The summed E-state index contributed by atoms with van der Waals surface area (Å²) in [4.78, 5) is 31.3. The second-order valence-electron chi connectivity index (χ2n) is 8.36. The number of rotatable bonds is 6. The van der Waals surface area contributed by atoms with Gasteiger partial charge in [-0.25, -0.2) is 4.98 Å². The molecule has 2 aromatic rings. The minimum atomic E-state index is -0.489. The zero-order valence-electron chi connectivity index (χ0n) is 18.6. The first-order valence-corrected chi connectivity index (χ1v) is 11.1. The van der Waals surface area contributed by atoms with E-state index in [4.69, 9.17) is 15.6 Å². The molecule has 2 fully saturated rings. The molecule has 4 rings (SSSR count). The number of aromatic nitrogens is 1. The van der Waals surface area contributed by atoms with Crippen molar-refractivity contribution in [2.75, 3.05) is 18.6 Å². The van der Waals surface area contributed by atoms with Crippen molar-refractivity contribution in [1.29, 1.82) is 0 Å². The number of hydrogen-bond donors (Lipinski definition) is 3. The summed E-state index contributed by atoms with van der Waals surface area (Å²) in [5.74, 6) is 6.57. The van der Waals surface area contributed by atoms with Gasteiger partial charge in [-0.3, -0.25) is 9.59 Å². The standard InChI is InChI=1S/C25H28N4O4/c1-33-22-7-4-6-21(20(22)5-2-3-12-30)25(32)28-17-13-18-9-10-19(14-17)29(18)23-11-8-16(15-27-23)24(26)31/h4,6-8,11,15,17-19,30H,3,9-10,12-14H2,1H3,(H2,26,31)(H,28,32)/t17-,18+,19-. The number of pyridine rings is 1. The van der Waals surface area contributed by atoms with Crippen molar-refractivity contribution in [3.8, 4) is 17.6 Å². The average Bonchev–Trinajstić information content (AvgIpc) is 3.09. The number of carbonyl (C=O) groups is 2. The number of methoxy groups -OCH3 is 1. The van der Waals surface area contributed by atoms with Gasteiger partial charge in [-0.1, -0.05) is 17.9 Å². The van der Waals surface area contributed by atoms with Crippen LogP contribution in [0.25, 0.3) is 0 Å². The lowest BCUT2D eigenvalue weighted by Gasteiger charge is -2.40. The molecule has 1 aromatic heterocycles. The molecule has 0 saturated carbocycles. The maximum atomic E-state index is 13.2. The van der Waals surface area contributed by atoms with Gasteiger partial charge >= 0.3 is 0 Å². The Labute approximate surface area is 193 Å². The van der Waals surface area contributed by atoms with Crippen LogP contribution in [-0.2, 0) is 0 Å². The van der Waals surface area contributed by atoms with Gasteiger partial charge in [-0.2, -0.15) is 0 Å². The van der Waals surface area contributed by atoms with Gasteiger partial charge in [0.15, 0.2) is 0 Å². The van der Waals surface area contributed by atoms with Crippen LogP contribution < -0.4 is 20.7 Å². The number of aliphatic hydroxyl groups excluding tert-OH is 1. The summed E-state index contributed by atoms with van der Waals surface area (Å²) in [5, 5.41) is 12.2. The fraction of sp³-hybridized carbons (Fsp3) is 0.400. The topological polar surface area (TPSA) is 118 Å². The number of primary amides is 1. The van der Waals surface area contributed by atoms with Crippen LogP contribution in [0.5, 0.6) is 5.75 Å². The number of amides is 2. The number of piperidine rings is 1. The molecule has 2 bridgehead atoms. The molecule has 0 aliphatic carbocycles. The number of aliphatic hydroxyl groups is 1. The highest BCUT2D eigenvalue weighted by molar-refractivity contribution is 5.97. The predicted octanol–water partition coefficient (Wildman–Crippen LogP) is 1.85. The highest BCUT2D eigenvalue weighted by Gasteiger charge is 2.42. The highest BCUT2D eigenvalue weighted by atomic mass is 16.5. The third-order valence-electron chi connectivity index (χ3n) is 6.31. The van der Waals surface area contributed by atoms with Crippen molar-refractivity contribution in [2.24, 2.45) is 5.73 Å². The van der Waals surface area contributed by atoms with Crippen LogP contribution in [0.3, 0.4) is 0 Å². The molecule has 4 N–H and O–H groups in total. The van der Waals surface area contributed by atoms with Crippen LogP contribution in [-0.4, -0.2) is 53.7 Å². The fourth-order valence-corrected chi connectivity index (χ4v) is 4.84. The van der Waals surface area contributed by atoms with Gasteiger partial charge in [0, 0.05) is 30.7 Å². The lowest BCUT2D eigenvalue weighted by atomic mass is 9.96. The summed E-state index contributed by atoms with van der Waals surface area (Å²) in [6.45, 7) is -0.0366. The molecule has 172 valence electrons. The quantitative estimate of drug-likeness (QED) is 0.581. The van der Waals surface area contributed by atoms with Gasteiger partial charge in [0.1, 0.15) is 11.6 Å². The number of anilines is 1. The molecule has 8 nitrogen and oxygen atoms in total. The Morgan fingerprint density at radius 2 is 2.00 bits per heavy atom. The van der Waals surface area contributed by atoms with E-state index in [-0.39, 0.29) is 30.6 Å². The van der Waals surface area contributed by atoms with Crippen LogP contribution in [0.1, 0.15) is 58.4 Å². The second-order valence-corrected chi connectivity index (χ2v) is 8.36. The number of nitrogens with one attached hydrogen (secondary N) is 1. The van der Waals surface area contributed by atoms with Gasteiger partial charge in [0.2, 0.25) is 5.91 Å². The van der Waals surface area contributed by atoms with E-state index in [1.54, 1.807) is 31.4 Å². The summed E-state index contributed by atoms with van der Waals surface area (Å²) in [7, 11) is 1.55. The third kappa shape index (κ3) is 4.78. The van der Waals surface area contributed by atoms with E-state index in [9.17, 15) is 9.59 Å². The molecule has 2 aliphatic rings. The van der Waals surface area contributed by atoms with E-state index in [0.29, 0.717) is 28.9 Å². The number of nitrogens with zero attached hydrogens (tertiary/aromatic N) is 2. The van der Waals surface area contributed by atoms with Gasteiger partial charge in [0.25, 0.3) is 5.91 Å². The van der Waals surface area contributed by atoms with E-state index in [1.807, 2.05) is 6.07 Å². The molecule has 8 heteroatoms. The van der Waals surface area contributed by atoms with Gasteiger partial charge in [-0.15, -0.1) is 0 Å². The number of nitrogens with two attached hydrogens (primary N) is 1. The average molecular weight is 449 g/mol.